The van der Waals surface area contributed by atoms with E-state index in [4.69, 9.17) is 4.74 Å². The van der Waals surface area contributed by atoms with Crippen molar-refractivity contribution in [1.82, 2.24) is 10.3 Å². The Morgan fingerprint density at radius 1 is 1.12 bits per heavy atom. The molecule has 0 spiro atoms. The van der Waals surface area contributed by atoms with Crippen LogP contribution in [0.25, 0.3) is 10.9 Å². The predicted molar refractivity (Wildman–Crippen MR) is 125 cm³/mol. The highest BCUT2D eigenvalue weighted by Crippen LogP contribution is 2.22. The molecule has 32 heavy (non-hydrogen) atoms. The molecular weight excluding hydrogens is 430 g/mol. The van der Waals surface area contributed by atoms with Crippen molar-refractivity contribution < 1.29 is 17.9 Å². The minimum absolute atomic E-state index is 0.0596. The monoisotopic (exact) mass is 457 g/mol. The molecule has 1 heterocycles. The van der Waals surface area contributed by atoms with Gasteiger partial charge in [-0.15, -0.1) is 0 Å². The molecule has 0 saturated carbocycles. The van der Waals surface area contributed by atoms with Crippen molar-refractivity contribution in [2.45, 2.75) is 31.6 Å². The minimum atomic E-state index is -3.93. The van der Waals surface area contributed by atoms with Gasteiger partial charge in [-0.2, -0.15) is 0 Å². The van der Waals surface area contributed by atoms with Crippen molar-refractivity contribution in [2.75, 3.05) is 24.5 Å². The van der Waals surface area contributed by atoms with Crippen LogP contribution in [0.15, 0.2) is 58.4 Å². The SMILES string of the molecule is CCOCCCNC(=O)c1c[nH]c2ccc(S(=O)(=O)Nc3ccccc3CC)cc2c1=O. The van der Waals surface area contributed by atoms with Crippen LogP contribution in [0.5, 0.6) is 0 Å². The molecule has 1 aromatic heterocycles. The van der Waals surface area contributed by atoms with Crippen molar-refractivity contribution >= 4 is 32.5 Å². The van der Waals surface area contributed by atoms with Crippen LogP contribution in [-0.4, -0.2) is 39.1 Å². The number of aromatic amines is 1. The lowest BCUT2D eigenvalue weighted by Crippen LogP contribution is -2.30. The molecular formula is C23H27N3O5S. The zero-order chi connectivity index (χ0) is 23.1. The number of hydrogen-bond acceptors (Lipinski definition) is 5. The number of benzene rings is 2. The zero-order valence-corrected chi connectivity index (χ0v) is 18.9. The number of sulfonamides is 1. The molecule has 0 unspecified atom stereocenters. The molecule has 170 valence electrons. The summed E-state index contributed by atoms with van der Waals surface area (Å²) in [4.78, 5) is 28.2. The molecule has 0 radical (unpaired) electrons. The summed E-state index contributed by atoms with van der Waals surface area (Å²) in [6.07, 6.45) is 2.63. The summed E-state index contributed by atoms with van der Waals surface area (Å²) in [7, 11) is -3.93. The Kier molecular flexibility index (Phi) is 7.66. The van der Waals surface area contributed by atoms with Gasteiger partial charge in [0.25, 0.3) is 15.9 Å². The van der Waals surface area contributed by atoms with Gasteiger partial charge in [0, 0.05) is 36.9 Å². The van der Waals surface area contributed by atoms with E-state index in [9.17, 15) is 18.0 Å². The minimum Gasteiger partial charge on any atom is -0.382 e. The number of H-pyrrole nitrogens is 1. The maximum atomic E-state index is 13.0. The Labute approximate surface area is 187 Å². The van der Waals surface area contributed by atoms with Crippen LogP contribution in [0.2, 0.25) is 0 Å². The first-order valence-corrected chi connectivity index (χ1v) is 12.0. The number of aryl methyl sites for hydroxylation is 1. The van der Waals surface area contributed by atoms with Gasteiger partial charge in [0.1, 0.15) is 5.56 Å². The van der Waals surface area contributed by atoms with Crippen LogP contribution < -0.4 is 15.5 Å². The molecule has 0 aliphatic rings. The van der Waals surface area contributed by atoms with Gasteiger partial charge in [-0.25, -0.2) is 8.42 Å². The average Bonchev–Trinajstić information content (AvgIpc) is 2.79. The Morgan fingerprint density at radius 2 is 1.91 bits per heavy atom. The van der Waals surface area contributed by atoms with Gasteiger partial charge < -0.3 is 15.0 Å². The maximum Gasteiger partial charge on any atom is 0.261 e. The van der Waals surface area contributed by atoms with Crippen molar-refractivity contribution in [3.63, 3.8) is 0 Å². The molecule has 2 aromatic carbocycles. The first-order valence-electron chi connectivity index (χ1n) is 10.5. The van der Waals surface area contributed by atoms with E-state index in [2.05, 4.69) is 15.0 Å². The third-order valence-electron chi connectivity index (χ3n) is 5.00. The molecule has 0 atom stereocenters. The quantitative estimate of drug-likeness (QED) is 0.405. The van der Waals surface area contributed by atoms with E-state index in [0.717, 1.165) is 5.56 Å². The number of aromatic nitrogens is 1. The number of anilines is 1. The fourth-order valence-electron chi connectivity index (χ4n) is 3.28. The van der Waals surface area contributed by atoms with Crippen LogP contribution in [0.3, 0.4) is 0 Å². The normalized spacial score (nSPS) is 11.4. The largest absolute Gasteiger partial charge is 0.382 e. The predicted octanol–water partition coefficient (Wildman–Crippen LogP) is 3.05. The second-order valence-electron chi connectivity index (χ2n) is 7.16. The van der Waals surface area contributed by atoms with E-state index >= 15 is 0 Å². The van der Waals surface area contributed by atoms with Crippen LogP contribution >= 0.6 is 0 Å². The highest BCUT2D eigenvalue weighted by Gasteiger charge is 2.19. The Balaban J connectivity index is 1.88. The second-order valence-corrected chi connectivity index (χ2v) is 8.84. The van der Waals surface area contributed by atoms with Crippen LogP contribution in [0.1, 0.15) is 36.2 Å². The number of ether oxygens (including phenoxy) is 1. The zero-order valence-electron chi connectivity index (χ0n) is 18.1. The van der Waals surface area contributed by atoms with E-state index in [-0.39, 0.29) is 15.8 Å². The smallest absolute Gasteiger partial charge is 0.261 e. The fourth-order valence-corrected chi connectivity index (χ4v) is 4.41. The molecule has 1 amide bonds. The van der Waals surface area contributed by atoms with E-state index in [1.54, 1.807) is 12.1 Å². The first kappa shape index (κ1) is 23.5. The molecule has 3 rings (SSSR count). The maximum absolute atomic E-state index is 13.0. The molecule has 0 fully saturated rings. The summed E-state index contributed by atoms with van der Waals surface area (Å²) in [5.41, 5.74) is 1.18. The molecule has 0 aliphatic heterocycles. The van der Waals surface area contributed by atoms with E-state index in [1.165, 1.54) is 24.4 Å². The number of rotatable bonds is 10. The summed E-state index contributed by atoms with van der Waals surface area (Å²) in [5.74, 6) is -0.520. The van der Waals surface area contributed by atoms with Crippen molar-refractivity contribution in [1.29, 1.82) is 0 Å². The highest BCUT2D eigenvalue weighted by molar-refractivity contribution is 7.92. The average molecular weight is 458 g/mol. The molecule has 0 saturated heterocycles. The molecule has 0 aliphatic carbocycles. The molecule has 3 N–H and O–H groups in total. The third kappa shape index (κ3) is 5.35. The van der Waals surface area contributed by atoms with Gasteiger partial charge >= 0.3 is 0 Å². The first-order chi connectivity index (χ1) is 15.4. The summed E-state index contributed by atoms with van der Waals surface area (Å²) >= 11 is 0. The fraction of sp³-hybridized carbons (Fsp3) is 0.304. The van der Waals surface area contributed by atoms with Gasteiger partial charge in [-0.1, -0.05) is 25.1 Å². The third-order valence-corrected chi connectivity index (χ3v) is 6.37. The summed E-state index contributed by atoms with van der Waals surface area (Å²) in [6, 6.07) is 11.4. The summed E-state index contributed by atoms with van der Waals surface area (Å²) in [5, 5.41) is 2.81. The molecule has 0 bridgehead atoms. The summed E-state index contributed by atoms with van der Waals surface area (Å²) < 4.78 is 33.7. The topological polar surface area (TPSA) is 117 Å². The van der Waals surface area contributed by atoms with Gasteiger partial charge in [0.05, 0.1) is 10.6 Å². The Morgan fingerprint density at radius 3 is 2.66 bits per heavy atom. The number of hydrogen-bond donors (Lipinski definition) is 3. The summed E-state index contributed by atoms with van der Waals surface area (Å²) in [6.45, 7) is 5.31. The van der Waals surface area contributed by atoms with Gasteiger partial charge in [0.2, 0.25) is 5.43 Å². The molecule has 3 aromatic rings. The van der Waals surface area contributed by atoms with Gasteiger partial charge in [-0.05, 0) is 49.6 Å². The van der Waals surface area contributed by atoms with Crippen molar-refractivity contribution in [2.24, 2.45) is 0 Å². The number of nitrogens with one attached hydrogen (secondary N) is 3. The number of fused-ring (bicyclic) bond motifs is 1. The van der Waals surface area contributed by atoms with Gasteiger partial charge in [0.15, 0.2) is 0 Å². The lowest BCUT2D eigenvalue weighted by Gasteiger charge is -2.12. The number of carbonyl (C=O) groups is 1. The van der Waals surface area contributed by atoms with Gasteiger partial charge in [-0.3, -0.25) is 14.3 Å². The number of amides is 1. The van der Waals surface area contributed by atoms with Crippen LogP contribution in [-0.2, 0) is 21.2 Å². The van der Waals surface area contributed by atoms with Crippen LogP contribution in [0, 0.1) is 0 Å². The second kappa shape index (κ2) is 10.4. The molecule has 8 nitrogen and oxygen atoms in total. The standard InChI is InChI=1S/C23H27N3O5S/c1-3-16-8-5-6-9-20(16)26-32(29,30)17-10-11-21-18(14-17)22(27)19(15-25-21)23(28)24-12-7-13-31-4-2/h5-6,8-11,14-15,26H,3-4,7,12-13H2,1-2H3,(H,24,28)(H,25,27). The number of para-hydroxylation sites is 1. The van der Waals surface area contributed by atoms with E-state index in [1.807, 2.05) is 26.0 Å². The number of carbonyl (C=O) groups excluding carboxylic acids is 1. The Bertz CT molecular complexity index is 1270. The van der Waals surface area contributed by atoms with Crippen molar-refractivity contribution in [3.05, 3.63) is 70.0 Å². The lowest BCUT2D eigenvalue weighted by molar-refractivity contribution is 0.0943. The van der Waals surface area contributed by atoms with Crippen molar-refractivity contribution in [3.8, 4) is 0 Å². The number of pyridine rings is 1. The van der Waals surface area contributed by atoms with Crippen LogP contribution in [0.4, 0.5) is 5.69 Å². The van der Waals surface area contributed by atoms with E-state index in [0.29, 0.717) is 43.8 Å². The highest BCUT2D eigenvalue weighted by atomic mass is 32.2. The van der Waals surface area contributed by atoms with E-state index < -0.39 is 21.4 Å². The lowest BCUT2D eigenvalue weighted by atomic mass is 10.1. The molecule has 9 heteroatoms. The Hall–Kier alpha value is -3.17.